The normalized spacial score (nSPS) is 12.0. The van der Waals surface area contributed by atoms with E-state index >= 15 is 0 Å². The third-order valence-corrected chi connectivity index (χ3v) is 6.09. The van der Waals surface area contributed by atoms with E-state index < -0.39 is 33.9 Å². The Bertz CT molecular complexity index is 1100. The highest BCUT2D eigenvalue weighted by Gasteiger charge is 2.26. The lowest BCUT2D eigenvalue weighted by Crippen LogP contribution is -2.43. The van der Waals surface area contributed by atoms with Crippen LogP contribution >= 0.6 is 0 Å². The highest BCUT2D eigenvalue weighted by molar-refractivity contribution is 7.89. The molecule has 0 fully saturated rings. The van der Waals surface area contributed by atoms with Crippen molar-refractivity contribution >= 4 is 22.1 Å². The van der Waals surface area contributed by atoms with Crippen molar-refractivity contribution < 1.29 is 27.5 Å². The Morgan fingerprint density at radius 1 is 0.938 bits per heavy atom. The van der Waals surface area contributed by atoms with Gasteiger partial charge in [0.25, 0.3) is 0 Å². The molecule has 0 saturated carbocycles. The Balaban J connectivity index is 1.62. The predicted octanol–water partition coefficient (Wildman–Crippen LogP) is 2.49. The van der Waals surface area contributed by atoms with Gasteiger partial charge in [-0.05, 0) is 17.5 Å². The highest BCUT2D eigenvalue weighted by Crippen LogP contribution is 2.08. The number of amides is 1. The fourth-order valence-corrected chi connectivity index (χ4v) is 3.95. The van der Waals surface area contributed by atoms with Crippen molar-refractivity contribution in [3.8, 4) is 0 Å². The molecule has 1 amide bonds. The number of rotatable bonds is 10. The zero-order chi connectivity index (χ0) is 22.8. The molecular weight excluding hydrogens is 434 g/mol. The number of nitrogens with one attached hydrogen (secondary N) is 1. The molecule has 168 valence electrons. The van der Waals surface area contributed by atoms with Gasteiger partial charge in [-0.25, -0.2) is 27.0 Å². The molecule has 0 aliphatic heterocycles. The summed E-state index contributed by atoms with van der Waals surface area (Å²) in [7, 11) is -3.75. The van der Waals surface area contributed by atoms with Crippen molar-refractivity contribution in [2.75, 3.05) is 5.75 Å². The molecule has 10 heteroatoms. The van der Waals surface area contributed by atoms with E-state index in [2.05, 4.69) is 10.3 Å². The van der Waals surface area contributed by atoms with E-state index in [4.69, 9.17) is 9.47 Å². The fourth-order valence-electron chi connectivity index (χ4n) is 2.77. The molecule has 0 saturated heterocycles. The molecule has 1 atom stereocenters. The molecule has 3 aromatic rings. The summed E-state index contributed by atoms with van der Waals surface area (Å²) in [6.45, 7) is -0.00300. The summed E-state index contributed by atoms with van der Waals surface area (Å²) in [4.78, 5) is 28.6. The van der Waals surface area contributed by atoms with Crippen LogP contribution in [0.2, 0.25) is 0 Å². The lowest BCUT2D eigenvalue weighted by Gasteiger charge is -2.18. The third-order valence-electron chi connectivity index (χ3n) is 4.48. The van der Waals surface area contributed by atoms with Gasteiger partial charge < -0.3 is 14.8 Å². The second kappa shape index (κ2) is 11.1. The number of benzene rings is 2. The summed E-state index contributed by atoms with van der Waals surface area (Å²) in [5, 5.41) is 2.42. The first-order chi connectivity index (χ1) is 15.4. The minimum absolute atomic E-state index is 0.00575. The maximum atomic E-state index is 12.6. The molecule has 3 rings (SSSR count). The first-order valence-electron chi connectivity index (χ1n) is 9.83. The van der Waals surface area contributed by atoms with Crippen LogP contribution in [0.5, 0.6) is 0 Å². The van der Waals surface area contributed by atoms with Gasteiger partial charge in [0.1, 0.15) is 25.6 Å². The molecule has 0 unspecified atom stereocenters. The smallest absolute Gasteiger partial charge is 0.408 e. The second-order valence-electron chi connectivity index (χ2n) is 6.85. The molecule has 0 bridgehead atoms. The Kier molecular flexibility index (Phi) is 7.98. The molecule has 9 nitrogen and oxygen atoms in total. The largest absolute Gasteiger partial charge is 0.459 e. The molecule has 1 aromatic heterocycles. The van der Waals surface area contributed by atoms with Gasteiger partial charge in [-0.15, -0.1) is 0 Å². The van der Waals surface area contributed by atoms with E-state index in [-0.39, 0.29) is 19.6 Å². The topological polar surface area (TPSA) is 117 Å². The van der Waals surface area contributed by atoms with Gasteiger partial charge in [-0.3, -0.25) is 0 Å². The van der Waals surface area contributed by atoms with Crippen molar-refractivity contribution in [3.63, 3.8) is 0 Å². The molecule has 1 heterocycles. The van der Waals surface area contributed by atoms with Crippen molar-refractivity contribution in [1.82, 2.24) is 14.3 Å². The van der Waals surface area contributed by atoms with E-state index in [1.165, 1.54) is 12.4 Å². The highest BCUT2D eigenvalue weighted by atomic mass is 32.2. The van der Waals surface area contributed by atoms with Gasteiger partial charge in [0.15, 0.2) is 0 Å². The molecule has 0 aliphatic carbocycles. The molecular formula is C22H23N3O6S. The number of aromatic nitrogens is 2. The molecule has 2 aromatic carbocycles. The molecule has 0 aliphatic rings. The predicted molar refractivity (Wildman–Crippen MR) is 116 cm³/mol. The Morgan fingerprint density at radius 3 is 2.09 bits per heavy atom. The van der Waals surface area contributed by atoms with E-state index in [9.17, 15) is 18.0 Å². The standard InChI is InChI=1S/C22H23N3O6S/c26-21(30-15-18-7-3-1-4-8-18)20(11-14-32(28,29)25-13-12-23-17-25)24-22(27)31-16-19-9-5-2-6-10-19/h1-10,12-13,17,20H,11,14-16H2,(H,24,27)/t20-/m1/s1. The first kappa shape index (κ1) is 23.0. The van der Waals surface area contributed by atoms with Crippen LogP contribution in [0, 0.1) is 0 Å². The number of ether oxygens (including phenoxy) is 2. The van der Waals surface area contributed by atoms with Gasteiger partial charge in [0, 0.05) is 12.4 Å². The summed E-state index contributed by atoms with van der Waals surface area (Å²) in [6, 6.07) is 16.8. The summed E-state index contributed by atoms with van der Waals surface area (Å²) in [5.41, 5.74) is 1.53. The van der Waals surface area contributed by atoms with Crippen LogP contribution in [0.25, 0.3) is 0 Å². The number of carbonyl (C=O) groups is 2. The Morgan fingerprint density at radius 2 is 1.53 bits per heavy atom. The number of alkyl carbamates (subject to hydrolysis) is 1. The van der Waals surface area contributed by atoms with Gasteiger partial charge in [0.2, 0.25) is 10.0 Å². The summed E-state index contributed by atoms with van der Waals surface area (Å²) < 4.78 is 36.2. The monoisotopic (exact) mass is 457 g/mol. The summed E-state index contributed by atoms with van der Waals surface area (Å²) in [6.07, 6.45) is 2.73. The molecule has 32 heavy (non-hydrogen) atoms. The number of hydrogen-bond acceptors (Lipinski definition) is 7. The zero-order valence-electron chi connectivity index (χ0n) is 17.2. The van der Waals surface area contributed by atoms with Gasteiger partial charge in [0.05, 0.1) is 5.75 Å². The van der Waals surface area contributed by atoms with Crippen LogP contribution in [0.4, 0.5) is 4.79 Å². The van der Waals surface area contributed by atoms with E-state index in [0.29, 0.717) is 0 Å². The summed E-state index contributed by atoms with van der Waals surface area (Å²) in [5.74, 6) is -1.17. The van der Waals surface area contributed by atoms with Crippen LogP contribution in [0.3, 0.4) is 0 Å². The van der Waals surface area contributed by atoms with Gasteiger partial charge in [-0.1, -0.05) is 60.7 Å². The van der Waals surface area contributed by atoms with E-state index in [0.717, 1.165) is 21.4 Å². The number of hydrogen-bond donors (Lipinski definition) is 1. The second-order valence-corrected chi connectivity index (χ2v) is 8.84. The first-order valence-corrected chi connectivity index (χ1v) is 11.4. The average Bonchev–Trinajstić information content (AvgIpc) is 3.36. The van der Waals surface area contributed by atoms with Crippen molar-refractivity contribution in [2.24, 2.45) is 0 Å². The molecule has 0 spiro atoms. The molecule has 0 radical (unpaired) electrons. The maximum absolute atomic E-state index is 12.6. The van der Waals surface area contributed by atoms with Gasteiger partial charge in [-0.2, -0.15) is 0 Å². The van der Waals surface area contributed by atoms with Crippen molar-refractivity contribution in [3.05, 3.63) is 90.5 Å². The zero-order valence-corrected chi connectivity index (χ0v) is 18.0. The van der Waals surface area contributed by atoms with Crippen LogP contribution in [0.1, 0.15) is 17.5 Å². The minimum Gasteiger partial charge on any atom is -0.459 e. The molecule has 1 N–H and O–H groups in total. The Labute approximate surface area is 186 Å². The third kappa shape index (κ3) is 6.95. The average molecular weight is 458 g/mol. The van der Waals surface area contributed by atoms with E-state index in [1.807, 2.05) is 12.1 Å². The van der Waals surface area contributed by atoms with Crippen molar-refractivity contribution in [1.29, 1.82) is 0 Å². The van der Waals surface area contributed by atoms with Crippen LogP contribution in [-0.2, 0) is 37.5 Å². The van der Waals surface area contributed by atoms with Crippen LogP contribution < -0.4 is 5.32 Å². The number of carbonyl (C=O) groups excluding carboxylic acids is 2. The van der Waals surface area contributed by atoms with Gasteiger partial charge >= 0.3 is 12.1 Å². The maximum Gasteiger partial charge on any atom is 0.408 e. The summed E-state index contributed by atoms with van der Waals surface area (Å²) >= 11 is 0. The minimum atomic E-state index is -3.75. The SMILES string of the molecule is O=C(N[C@H](CCS(=O)(=O)n1ccnc1)C(=O)OCc1ccccc1)OCc1ccccc1. The number of imidazole rings is 1. The van der Waals surface area contributed by atoms with Crippen molar-refractivity contribution in [2.45, 2.75) is 25.7 Å². The quantitative estimate of drug-likeness (QED) is 0.465. The fraction of sp³-hybridized carbons (Fsp3) is 0.227. The van der Waals surface area contributed by atoms with Crippen LogP contribution in [-0.4, -0.2) is 41.2 Å². The lowest BCUT2D eigenvalue weighted by molar-refractivity contribution is -0.147. The number of esters is 1. The van der Waals surface area contributed by atoms with Crippen LogP contribution in [0.15, 0.2) is 79.4 Å². The number of nitrogens with zero attached hydrogens (tertiary/aromatic N) is 2. The van der Waals surface area contributed by atoms with E-state index in [1.54, 1.807) is 48.5 Å². The Hall–Kier alpha value is -3.66. The lowest BCUT2D eigenvalue weighted by atomic mass is 10.2.